The summed E-state index contributed by atoms with van der Waals surface area (Å²) in [4.78, 5) is 13.5. The average Bonchev–Trinajstić information content (AvgIpc) is 0.787. The number of unbranched alkanes of at least 4 members (excludes halogenated alkanes) is 47. The zero-order chi connectivity index (χ0) is 68.2. The van der Waals surface area contributed by atoms with E-state index in [0.29, 0.717) is 12.8 Å². The molecule has 0 radical (unpaired) electrons. The molecule has 0 spiro atoms. The van der Waals surface area contributed by atoms with Crippen molar-refractivity contribution in [3.63, 3.8) is 0 Å². The van der Waals surface area contributed by atoms with Gasteiger partial charge in [0.05, 0.1) is 38.6 Å². The molecule has 0 aliphatic carbocycles. The van der Waals surface area contributed by atoms with Gasteiger partial charge in [0.15, 0.2) is 18.9 Å². The molecule has 17 atom stereocenters. The molecule has 3 aliphatic rings. The van der Waals surface area contributed by atoms with Gasteiger partial charge < -0.3 is 89.9 Å². The van der Waals surface area contributed by atoms with E-state index in [1.807, 2.05) is 0 Å². The highest BCUT2D eigenvalue weighted by atomic mass is 16.8. The largest absolute Gasteiger partial charge is 0.394 e. The summed E-state index contributed by atoms with van der Waals surface area (Å²) in [7, 11) is 0. The first-order chi connectivity index (χ1) is 45.8. The van der Waals surface area contributed by atoms with Crippen molar-refractivity contribution in [3.8, 4) is 0 Å². The first-order valence-electron chi connectivity index (χ1n) is 39.3. The van der Waals surface area contributed by atoms with E-state index in [1.54, 1.807) is 0 Å². The van der Waals surface area contributed by atoms with Gasteiger partial charge in [-0.3, -0.25) is 4.79 Å². The first-order valence-corrected chi connectivity index (χ1v) is 39.3. The number of nitrogens with one attached hydrogen (secondary N) is 1. The number of ether oxygens (including phenoxy) is 6. The fourth-order valence-electron chi connectivity index (χ4n) is 13.8. The highest BCUT2D eigenvalue weighted by Crippen LogP contribution is 2.33. The third kappa shape index (κ3) is 38.0. The van der Waals surface area contributed by atoms with Gasteiger partial charge in [-0.15, -0.1) is 0 Å². The molecule has 94 heavy (non-hydrogen) atoms. The van der Waals surface area contributed by atoms with E-state index in [-0.39, 0.29) is 18.9 Å². The molecule has 17 unspecified atom stereocenters. The summed E-state index contributed by atoms with van der Waals surface area (Å²) in [5, 5.41) is 121. The topological polar surface area (TPSA) is 307 Å². The van der Waals surface area contributed by atoms with Crippen LogP contribution in [0.4, 0.5) is 0 Å². The molecule has 0 saturated carbocycles. The molecule has 558 valence electrons. The van der Waals surface area contributed by atoms with E-state index in [2.05, 4.69) is 19.2 Å². The van der Waals surface area contributed by atoms with Crippen LogP contribution in [-0.4, -0.2) is 193 Å². The summed E-state index contributed by atoms with van der Waals surface area (Å²) in [6.07, 6.45) is 37.6. The van der Waals surface area contributed by atoms with Crippen molar-refractivity contribution in [2.45, 2.75) is 446 Å². The van der Waals surface area contributed by atoms with Gasteiger partial charge in [0, 0.05) is 6.42 Å². The lowest BCUT2D eigenvalue weighted by atomic mass is 9.96. The summed E-state index contributed by atoms with van der Waals surface area (Å²) >= 11 is 0. The second-order valence-electron chi connectivity index (χ2n) is 28.5. The summed E-state index contributed by atoms with van der Waals surface area (Å²) in [6.45, 7) is 1.87. The van der Waals surface area contributed by atoms with Gasteiger partial charge in [-0.25, -0.2) is 0 Å². The third-order valence-corrected chi connectivity index (χ3v) is 20.2. The van der Waals surface area contributed by atoms with Crippen LogP contribution in [0.15, 0.2) is 0 Å². The van der Waals surface area contributed by atoms with Crippen LogP contribution in [-0.2, 0) is 33.2 Å². The molecule has 3 saturated heterocycles. The van der Waals surface area contributed by atoms with Crippen LogP contribution in [0.5, 0.6) is 0 Å². The standard InChI is InChI=1S/C75H145NO18/c1-3-5-7-9-11-13-15-17-19-21-23-25-27-28-29-31-32-34-36-38-40-42-44-46-48-50-52-59(80)58(76-63(81)53-51-49-47-45-43-41-39-37-35-33-30-26-24-22-20-18-16-14-12-10-8-6-4-2)57-89-73-69(87)66(84)71(61(55-78)91-73)94-75-70(88)67(85)72(62(56-79)92-75)93-74-68(86)65(83)64(82)60(54-77)90-74/h58-62,64-75,77-80,82-88H,3-57H2,1-2H3,(H,76,81). The minimum absolute atomic E-state index is 0.233. The maximum atomic E-state index is 13.5. The Bertz CT molecular complexity index is 1700. The van der Waals surface area contributed by atoms with Crippen LogP contribution in [0.3, 0.4) is 0 Å². The van der Waals surface area contributed by atoms with E-state index >= 15 is 0 Å². The average molecular weight is 1350 g/mol. The normalized spacial score (nSPS) is 27.3. The van der Waals surface area contributed by atoms with Gasteiger partial charge >= 0.3 is 0 Å². The lowest BCUT2D eigenvalue weighted by Gasteiger charge is -2.48. The predicted octanol–water partition coefficient (Wildman–Crippen LogP) is 12.2. The number of aliphatic hydroxyl groups is 11. The van der Waals surface area contributed by atoms with E-state index in [9.17, 15) is 61.0 Å². The van der Waals surface area contributed by atoms with Gasteiger partial charge in [-0.1, -0.05) is 322 Å². The van der Waals surface area contributed by atoms with Gasteiger partial charge in [0.25, 0.3) is 0 Å². The van der Waals surface area contributed by atoms with Gasteiger partial charge in [-0.2, -0.15) is 0 Å². The Morgan fingerprint density at radius 2 is 0.606 bits per heavy atom. The number of carbonyl (C=O) groups is 1. The van der Waals surface area contributed by atoms with Crippen molar-refractivity contribution >= 4 is 5.91 Å². The van der Waals surface area contributed by atoms with Crippen LogP contribution >= 0.6 is 0 Å². The van der Waals surface area contributed by atoms with Gasteiger partial charge in [0.1, 0.15) is 73.2 Å². The Morgan fingerprint density at radius 3 is 0.926 bits per heavy atom. The zero-order valence-corrected chi connectivity index (χ0v) is 59.5. The SMILES string of the molecule is CCCCCCCCCCCCCCCCCCCCCCCCCCCCC(O)C(COC1OC(CO)C(OC2OC(CO)C(OC3OC(CO)C(O)C(O)C3O)C(O)C2O)C(O)C1O)NC(=O)CCCCCCCCCCCCCCCCCCCCCCCCC. The molecule has 3 rings (SSSR count). The minimum Gasteiger partial charge on any atom is -0.394 e. The van der Waals surface area contributed by atoms with Crippen molar-refractivity contribution in [2.75, 3.05) is 26.4 Å². The fraction of sp³-hybridized carbons (Fsp3) is 0.987. The second-order valence-corrected chi connectivity index (χ2v) is 28.5. The van der Waals surface area contributed by atoms with Crippen molar-refractivity contribution in [1.82, 2.24) is 5.32 Å². The molecular formula is C75H145NO18. The number of hydrogen-bond donors (Lipinski definition) is 12. The number of amides is 1. The highest BCUT2D eigenvalue weighted by molar-refractivity contribution is 5.76. The molecular weight excluding hydrogens is 1200 g/mol. The molecule has 12 N–H and O–H groups in total. The summed E-state index contributed by atoms with van der Waals surface area (Å²) in [5.74, 6) is -0.233. The molecule has 3 fully saturated rings. The first kappa shape index (κ1) is 87.0. The maximum Gasteiger partial charge on any atom is 0.220 e. The Kier molecular flexibility index (Phi) is 53.1. The molecule has 0 aromatic carbocycles. The van der Waals surface area contributed by atoms with Crippen LogP contribution in [0.1, 0.15) is 341 Å². The van der Waals surface area contributed by atoms with Crippen LogP contribution < -0.4 is 5.32 Å². The van der Waals surface area contributed by atoms with E-state index < -0.39 is 124 Å². The molecule has 1 amide bonds. The minimum atomic E-state index is -1.97. The number of aliphatic hydroxyl groups excluding tert-OH is 11. The van der Waals surface area contributed by atoms with Crippen LogP contribution in [0.2, 0.25) is 0 Å². The molecule has 19 heteroatoms. The Morgan fingerprint density at radius 1 is 0.340 bits per heavy atom. The summed E-state index contributed by atoms with van der Waals surface area (Å²) < 4.78 is 34.5. The van der Waals surface area contributed by atoms with E-state index in [4.69, 9.17) is 28.4 Å². The second kappa shape index (κ2) is 57.4. The Balaban J connectivity index is 1.38. The van der Waals surface area contributed by atoms with E-state index in [1.165, 1.54) is 263 Å². The summed E-state index contributed by atoms with van der Waals surface area (Å²) in [6, 6.07) is -0.883. The molecule has 3 heterocycles. The molecule has 0 bridgehead atoms. The molecule has 19 nitrogen and oxygen atoms in total. The number of rotatable bonds is 63. The molecule has 0 aromatic rings. The Hall–Kier alpha value is -1.21. The van der Waals surface area contributed by atoms with E-state index in [0.717, 1.165) is 44.9 Å². The number of carbonyl (C=O) groups excluding carboxylic acids is 1. The molecule has 0 aromatic heterocycles. The quantitative estimate of drug-likeness (QED) is 0.0252. The zero-order valence-electron chi connectivity index (χ0n) is 59.5. The Labute approximate surface area is 570 Å². The predicted molar refractivity (Wildman–Crippen MR) is 370 cm³/mol. The van der Waals surface area contributed by atoms with Crippen molar-refractivity contribution < 1.29 is 89.4 Å². The van der Waals surface area contributed by atoms with Crippen molar-refractivity contribution in [2.24, 2.45) is 0 Å². The third-order valence-electron chi connectivity index (χ3n) is 20.2. The monoisotopic (exact) mass is 1350 g/mol. The van der Waals surface area contributed by atoms with Gasteiger partial charge in [0.2, 0.25) is 5.91 Å². The lowest BCUT2D eigenvalue weighted by Crippen LogP contribution is -2.66. The van der Waals surface area contributed by atoms with Crippen molar-refractivity contribution in [1.29, 1.82) is 0 Å². The number of hydrogen-bond acceptors (Lipinski definition) is 18. The van der Waals surface area contributed by atoms with Crippen LogP contribution in [0, 0.1) is 0 Å². The maximum absolute atomic E-state index is 13.5. The highest BCUT2D eigenvalue weighted by Gasteiger charge is 2.54. The summed E-state index contributed by atoms with van der Waals surface area (Å²) in [5.41, 5.74) is 0. The van der Waals surface area contributed by atoms with Crippen molar-refractivity contribution in [3.05, 3.63) is 0 Å². The molecule has 3 aliphatic heterocycles. The lowest BCUT2D eigenvalue weighted by molar-refractivity contribution is -0.379. The van der Waals surface area contributed by atoms with Gasteiger partial charge in [-0.05, 0) is 12.8 Å². The smallest absolute Gasteiger partial charge is 0.220 e. The fourth-order valence-corrected chi connectivity index (χ4v) is 13.8. The van der Waals surface area contributed by atoms with Crippen LogP contribution in [0.25, 0.3) is 0 Å².